The Labute approximate surface area is 113 Å². The molecule has 0 fully saturated rings. The van der Waals surface area contributed by atoms with Gasteiger partial charge in [-0.2, -0.15) is 4.31 Å². The molecule has 0 radical (unpaired) electrons. The van der Waals surface area contributed by atoms with Gasteiger partial charge >= 0.3 is 0 Å². The molecule has 0 heterocycles. The molecule has 0 atom stereocenters. The number of anilines is 1. The molecule has 0 unspecified atom stereocenters. The monoisotopic (exact) mass is 290 g/mol. The summed E-state index contributed by atoms with van der Waals surface area (Å²) >= 11 is 0. The summed E-state index contributed by atoms with van der Waals surface area (Å²) in [6.07, 6.45) is 0. The molecule has 1 aromatic rings. The van der Waals surface area contributed by atoms with Crippen LogP contribution < -0.4 is 5.73 Å². The third-order valence-corrected chi connectivity index (χ3v) is 4.62. The van der Waals surface area contributed by atoms with Gasteiger partial charge in [-0.25, -0.2) is 12.8 Å². The predicted molar refractivity (Wildman–Crippen MR) is 71.7 cm³/mol. The maximum absolute atomic E-state index is 13.1. The fourth-order valence-electron chi connectivity index (χ4n) is 1.59. The van der Waals surface area contributed by atoms with Gasteiger partial charge in [0.1, 0.15) is 5.82 Å². The zero-order valence-electron chi connectivity index (χ0n) is 11.1. The first-order valence-electron chi connectivity index (χ1n) is 6.06. The van der Waals surface area contributed by atoms with E-state index in [9.17, 15) is 12.8 Å². The minimum absolute atomic E-state index is 0.00949. The number of rotatable bonds is 7. The van der Waals surface area contributed by atoms with E-state index in [1.807, 2.05) is 6.92 Å². The first-order chi connectivity index (χ1) is 8.93. The molecule has 1 rings (SSSR count). The number of halogens is 1. The lowest BCUT2D eigenvalue weighted by Crippen LogP contribution is -2.34. The summed E-state index contributed by atoms with van der Waals surface area (Å²) in [6, 6.07) is 3.40. The Morgan fingerprint density at radius 3 is 2.58 bits per heavy atom. The molecule has 0 saturated carbocycles. The first kappa shape index (κ1) is 15.9. The smallest absolute Gasteiger partial charge is 0.243 e. The van der Waals surface area contributed by atoms with E-state index in [1.165, 1.54) is 10.4 Å². The van der Waals surface area contributed by atoms with Crippen LogP contribution in [-0.4, -0.2) is 39.0 Å². The lowest BCUT2D eigenvalue weighted by molar-refractivity contribution is 0.135. The van der Waals surface area contributed by atoms with E-state index in [2.05, 4.69) is 0 Å². The van der Waals surface area contributed by atoms with Crippen LogP contribution in [0, 0.1) is 5.82 Å². The van der Waals surface area contributed by atoms with Gasteiger partial charge in [-0.15, -0.1) is 0 Å². The van der Waals surface area contributed by atoms with E-state index in [1.54, 1.807) is 6.92 Å². The van der Waals surface area contributed by atoms with Crippen LogP contribution in [0.4, 0.5) is 10.1 Å². The molecule has 0 aliphatic carbocycles. The summed E-state index contributed by atoms with van der Waals surface area (Å²) in [6.45, 7) is 4.99. The van der Waals surface area contributed by atoms with Crippen LogP contribution in [0.3, 0.4) is 0 Å². The van der Waals surface area contributed by atoms with Gasteiger partial charge in [-0.1, -0.05) is 6.92 Å². The van der Waals surface area contributed by atoms with Gasteiger partial charge in [0, 0.05) is 19.7 Å². The summed E-state index contributed by atoms with van der Waals surface area (Å²) in [5.41, 5.74) is 5.22. The van der Waals surface area contributed by atoms with Crippen LogP contribution in [0.15, 0.2) is 23.1 Å². The van der Waals surface area contributed by atoms with Gasteiger partial charge in [-0.3, -0.25) is 0 Å². The number of nitrogen functional groups attached to an aromatic ring is 1. The van der Waals surface area contributed by atoms with Crippen molar-refractivity contribution in [2.24, 2.45) is 0 Å². The molecule has 0 amide bonds. The van der Waals surface area contributed by atoms with Crippen LogP contribution in [0.5, 0.6) is 0 Å². The number of benzene rings is 1. The lowest BCUT2D eigenvalue weighted by Gasteiger charge is -2.20. The van der Waals surface area contributed by atoms with E-state index in [-0.39, 0.29) is 17.1 Å². The van der Waals surface area contributed by atoms with Gasteiger partial charge < -0.3 is 10.5 Å². The van der Waals surface area contributed by atoms with Gasteiger partial charge in [0.05, 0.1) is 17.2 Å². The van der Waals surface area contributed by atoms with Crippen LogP contribution in [0.2, 0.25) is 0 Å². The molecular weight excluding hydrogens is 271 g/mol. The van der Waals surface area contributed by atoms with Crippen molar-refractivity contribution in [2.45, 2.75) is 18.7 Å². The zero-order chi connectivity index (χ0) is 14.5. The van der Waals surface area contributed by atoms with Crippen molar-refractivity contribution < 1.29 is 17.5 Å². The van der Waals surface area contributed by atoms with E-state index in [4.69, 9.17) is 10.5 Å². The van der Waals surface area contributed by atoms with Crippen molar-refractivity contribution in [2.75, 3.05) is 32.0 Å². The fourth-order valence-corrected chi connectivity index (χ4v) is 3.06. The molecule has 19 heavy (non-hydrogen) atoms. The van der Waals surface area contributed by atoms with E-state index in [0.717, 1.165) is 12.1 Å². The van der Waals surface area contributed by atoms with Crippen molar-refractivity contribution in [1.29, 1.82) is 0 Å². The molecule has 108 valence electrons. The molecule has 7 heteroatoms. The summed E-state index contributed by atoms with van der Waals surface area (Å²) in [7, 11) is -3.66. The average molecular weight is 290 g/mol. The van der Waals surface area contributed by atoms with Crippen molar-refractivity contribution in [3.8, 4) is 0 Å². The molecule has 1 aromatic carbocycles. The second-order valence-electron chi connectivity index (χ2n) is 3.88. The van der Waals surface area contributed by atoms with Crippen molar-refractivity contribution in [3.05, 3.63) is 24.0 Å². The maximum atomic E-state index is 13.1. The number of sulfonamides is 1. The molecule has 0 aromatic heterocycles. The molecule has 0 spiro atoms. The zero-order valence-corrected chi connectivity index (χ0v) is 11.9. The normalized spacial score (nSPS) is 12.0. The lowest BCUT2D eigenvalue weighted by atomic mass is 10.3. The highest BCUT2D eigenvalue weighted by Gasteiger charge is 2.23. The van der Waals surface area contributed by atoms with E-state index >= 15 is 0 Å². The number of ether oxygens (including phenoxy) is 1. The fraction of sp³-hybridized carbons (Fsp3) is 0.500. The molecule has 5 nitrogen and oxygen atoms in total. The summed E-state index contributed by atoms with van der Waals surface area (Å²) < 4.78 is 44.1. The number of nitrogens with zero attached hydrogens (tertiary/aromatic N) is 1. The molecule has 0 aliphatic rings. The van der Waals surface area contributed by atoms with Gasteiger partial charge in [-0.05, 0) is 25.1 Å². The van der Waals surface area contributed by atoms with Gasteiger partial charge in [0.15, 0.2) is 0 Å². The highest BCUT2D eigenvalue weighted by Crippen LogP contribution is 2.20. The Kier molecular flexibility index (Phi) is 5.71. The second-order valence-corrected chi connectivity index (χ2v) is 5.81. The Balaban J connectivity index is 2.96. The summed E-state index contributed by atoms with van der Waals surface area (Å²) in [5, 5.41) is 0. The van der Waals surface area contributed by atoms with Crippen molar-refractivity contribution in [3.63, 3.8) is 0 Å². The molecule has 2 N–H and O–H groups in total. The highest BCUT2D eigenvalue weighted by molar-refractivity contribution is 7.89. The minimum atomic E-state index is -3.66. The van der Waals surface area contributed by atoms with E-state index in [0.29, 0.717) is 19.8 Å². The first-order valence-corrected chi connectivity index (χ1v) is 7.50. The molecule has 0 aliphatic heterocycles. The largest absolute Gasteiger partial charge is 0.396 e. The quantitative estimate of drug-likeness (QED) is 0.609. The van der Waals surface area contributed by atoms with Crippen LogP contribution in [-0.2, 0) is 14.8 Å². The Morgan fingerprint density at radius 2 is 2.05 bits per heavy atom. The standard InChI is InChI=1S/C12H19FN2O3S/c1-3-15(7-8-18-4-2)19(16,17)10-5-6-11(13)12(14)9-10/h5-6,9H,3-4,7-8,14H2,1-2H3. The Hall–Kier alpha value is -1.18. The number of hydrogen-bond donors (Lipinski definition) is 1. The third-order valence-electron chi connectivity index (χ3n) is 2.65. The predicted octanol–water partition coefficient (Wildman–Crippen LogP) is 1.45. The molecular formula is C12H19FN2O3S. The second kappa shape index (κ2) is 6.83. The summed E-state index contributed by atoms with van der Waals surface area (Å²) in [4.78, 5) is -0.00949. The minimum Gasteiger partial charge on any atom is -0.396 e. The van der Waals surface area contributed by atoms with Crippen LogP contribution >= 0.6 is 0 Å². The van der Waals surface area contributed by atoms with E-state index < -0.39 is 15.8 Å². The maximum Gasteiger partial charge on any atom is 0.243 e. The third kappa shape index (κ3) is 3.89. The number of likely N-dealkylation sites (N-methyl/N-ethyl adjacent to an activating group) is 1. The van der Waals surface area contributed by atoms with Gasteiger partial charge in [0.25, 0.3) is 0 Å². The summed E-state index contributed by atoms with van der Waals surface area (Å²) in [5.74, 6) is -0.628. The van der Waals surface area contributed by atoms with Crippen molar-refractivity contribution in [1.82, 2.24) is 4.31 Å². The molecule has 0 saturated heterocycles. The van der Waals surface area contributed by atoms with Crippen LogP contribution in [0.25, 0.3) is 0 Å². The average Bonchev–Trinajstić information content (AvgIpc) is 2.37. The Morgan fingerprint density at radius 1 is 1.37 bits per heavy atom. The molecule has 0 bridgehead atoms. The van der Waals surface area contributed by atoms with Gasteiger partial charge in [0.2, 0.25) is 10.0 Å². The number of hydrogen-bond acceptors (Lipinski definition) is 4. The number of nitrogens with two attached hydrogens (primary N) is 1. The highest BCUT2D eigenvalue weighted by atomic mass is 32.2. The topological polar surface area (TPSA) is 72.6 Å². The Bertz CT molecular complexity index is 520. The van der Waals surface area contributed by atoms with Crippen LogP contribution in [0.1, 0.15) is 13.8 Å². The SMILES string of the molecule is CCOCCN(CC)S(=O)(=O)c1ccc(F)c(N)c1. The van der Waals surface area contributed by atoms with Crippen molar-refractivity contribution >= 4 is 15.7 Å².